The summed E-state index contributed by atoms with van der Waals surface area (Å²) in [5.41, 5.74) is 14.2. The van der Waals surface area contributed by atoms with Crippen LogP contribution in [0.2, 0.25) is 30.1 Å². The van der Waals surface area contributed by atoms with Crippen LogP contribution in [0.15, 0.2) is 54.6 Å². The summed E-state index contributed by atoms with van der Waals surface area (Å²) >= 11 is 36.4. The normalized spacial score (nSPS) is 12.3. The molecule has 0 atom stereocenters. The molecule has 4 rings (SSSR count). The van der Waals surface area contributed by atoms with Crippen molar-refractivity contribution in [3.05, 3.63) is 90.3 Å². The van der Waals surface area contributed by atoms with Gasteiger partial charge in [-0.3, -0.25) is 11.5 Å². The zero-order valence-corrected chi connectivity index (χ0v) is 26.2. The van der Waals surface area contributed by atoms with Crippen LogP contribution in [0.3, 0.4) is 0 Å². The molecule has 1 saturated carbocycles. The molecule has 0 radical (unpaired) electrons. The molecule has 0 aliphatic heterocycles. The molecule has 41 heavy (non-hydrogen) atoms. The van der Waals surface area contributed by atoms with Gasteiger partial charge in [-0.25, -0.2) is 9.34 Å². The number of rotatable bonds is 3. The molecule has 0 saturated heterocycles. The summed E-state index contributed by atoms with van der Waals surface area (Å²) in [4.78, 5) is 0. The van der Waals surface area contributed by atoms with Crippen LogP contribution in [0.4, 0.5) is 11.4 Å². The van der Waals surface area contributed by atoms with Gasteiger partial charge in [-0.15, -0.1) is 10.0 Å². The quantitative estimate of drug-likeness (QED) is 0.0891. The van der Waals surface area contributed by atoms with Crippen LogP contribution in [0.1, 0.15) is 37.7 Å². The average molecular weight is 677 g/mol. The fourth-order valence-corrected chi connectivity index (χ4v) is 5.44. The molecule has 1 aliphatic rings. The first-order chi connectivity index (χ1) is 19.5. The zero-order valence-electron chi connectivity index (χ0n) is 21.7. The summed E-state index contributed by atoms with van der Waals surface area (Å²) in [5, 5.41) is 4.82. The lowest BCUT2D eigenvalue weighted by Gasteiger charge is -2.12. The van der Waals surface area contributed by atoms with E-state index >= 15 is 0 Å². The highest BCUT2D eigenvalue weighted by molar-refractivity contribution is 6.41. The fraction of sp³-hybridized carbons (Fsp3) is 0.185. The second-order valence-corrected chi connectivity index (χ2v) is 11.2. The summed E-state index contributed by atoms with van der Waals surface area (Å²) in [7, 11) is 0. The number of guanidine groups is 2. The summed E-state index contributed by atoms with van der Waals surface area (Å²) in [6, 6.07) is 15.3. The van der Waals surface area contributed by atoms with Crippen LogP contribution in [-0.4, -0.2) is 23.8 Å². The minimum absolute atomic E-state index is 0.0222. The van der Waals surface area contributed by atoms with Gasteiger partial charge in [0, 0.05) is 12.8 Å². The molecule has 1 aliphatic carbocycles. The van der Waals surface area contributed by atoms with E-state index in [0.29, 0.717) is 47.1 Å². The van der Waals surface area contributed by atoms with Gasteiger partial charge in [-0.1, -0.05) is 94.2 Å². The van der Waals surface area contributed by atoms with Crippen molar-refractivity contribution >= 4 is 105 Å². The molecule has 0 spiro atoms. The number of para-hydroxylation sites is 2. The minimum Gasteiger partial charge on any atom is -0.275 e. The van der Waals surface area contributed by atoms with Gasteiger partial charge in [0.2, 0.25) is 0 Å². The maximum atomic E-state index is 6.09. The molecule has 0 heterocycles. The number of nitrogens with zero attached hydrogens (tertiary/aromatic N) is 4. The lowest BCUT2D eigenvalue weighted by Crippen LogP contribution is -2.45. The predicted octanol–water partition coefficient (Wildman–Crippen LogP) is 5.94. The Morgan fingerprint density at radius 2 is 1.00 bits per heavy atom. The molecule has 0 amide bonds. The van der Waals surface area contributed by atoms with Crippen LogP contribution in [-0.2, 0) is 0 Å². The first kappa shape index (κ1) is 32.9. The first-order valence-electron chi connectivity index (χ1n) is 12.3. The van der Waals surface area contributed by atoms with Crippen molar-refractivity contribution < 1.29 is 0 Å². The van der Waals surface area contributed by atoms with Gasteiger partial charge < -0.3 is 0 Å². The molecular weight excluding hydrogens is 649 g/mol. The summed E-state index contributed by atoms with van der Waals surface area (Å²) in [5.74, 6) is 12.0. The SMILES string of the molecule is NC(=[N+]=C1CCCCC1)N(N)c1c(Cl)cccc1Cl.NC(=[N+]=Cc1c(Cl)cccc1Cl)N(N)c1c(Cl)cccc1Cl. The number of nitrogens with two attached hydrogens (primary N) is 4. The third-order valence-corrected chi connectivity index (χ3v) is 7.76. The minimum atomic E-state index is -0.0222. The predicted molar refractivity (Wildman–Crippen MR) is 179 cm³/mol. The molecule has 0 unspecified atom stereocenters. The van der Waals surface area contributed by atoms with E-state index in [1.165, 1.54) is 17.6 Å². The van der Waals surface area contributed by atoms with Crippen molar-refractivity contribution in [3.8, 4) is 0 Å². The van der Waals surface area contributed by atoms with E-state index in [-0.39, 0.29) is 11.9 Å². The molecule has 8 nitrogen and oxygen atoms in total. The van der Waals surface area contributed by atoms with Crippen molar-refractivity contribution in [3.63, 3.8) is 0 Å². The molecule has 1 fully saturated rings. The lowest BCUT2D eigenvalue weighted by atomic mass is 9.99. The molecule has 0 aromatic heterocycles. The van der Waals surface area contributed by atoms with Gasteiger partial charge in [0.25, 0.3) is 0 Å². The standard InChI is InChI=1S/C14H10Cl4N4.C13H16Cl2N4/c15-9-3-1-4-10(16)8(9)7-21-14(19)22(20)13-11(17)5-2-6-12(13)18;14-10-7-4-8-11(15)12(10)19(17)13(16)18-9-5-2-1-3-6-9/h1-7,19H,20H2;4,7-8,16H,1-3,5-6,17H2/p+2. The summed E-state index contributed by atoms with van der Waals surface area (Å²) in [6.45, 7) is 0. The van der Waals surface area contributed by atoms with Crippen molar-refractivity contribution in [2.45, 2.75) is 32.1 Å². The number of halogens is 6. The highest BCUT2D eigenvalue weighted by atomic mass is 35.5. The maximum Gasteiger partial charge on any atom is 0.461 e. The second-order valence-electron chi connectivity index (χ2n) is 8.73. The number of hydrogen-bond acceptors (Lipinski definition) is 2. The number of hydrazine groups is 2. The maximum absolute atomic E-state index is 6.09. The van der Waals surface area contributed by atoms with Gasteiger partial charge in [0.05, 0.1) is 35.7 Å². The molecule has 0 bridgehead atoms. The fourth-order valence-electron chi connectivity index (χ4n) is 3.78. The summed E-state index contributed by atoms with van der Waals surface area (Å²) in [6.07, 6.45) is 6.94. The highest BCUT2D eigenvalue weighted by Gasteiger charge is 2.23. The van der Waals surface area contributed by atoms with Crippen LogP contribution in [0.25, 0.3) is 0 Å². The van der Waals surface area contributed by atoms with E-state index in [0.717, 1.165) is 36.4 Å². The molecule has 14 heteroatoms. The van der Waals surface area contributed by atoms with Gasteiger partial charge in [0.15, 0.2) is 17.6 Å². The second kappa shape index (κ2) is 15.6. The van der Waals surface area contributed by atoms with Crippen LogP contribution < -0.4 is 42.5 Å². The van der Waals surface area contributed by atoms with E-state index in [2.05, 4.69) is 9.34 Å². The van der Waals surface area contributed by atoms with E-state index in [9.17, 15) is 0 Å². The molecule has 3 aromatic rings. The third kappa shape index (κ3) is 8.95. The molecule has 3 aromatic carbocycles. The Kier molecular flexibility index (Phi) is 12.5. The Morgan fingerprint density at radius 3 is 1.44 bits per heavy atom. The van der Waals surface area contributed by atoms with Crippen LogP contribution >= 0.6 is 69.6 Å². The van der Waals surface area contributed by atoms with E-state index in [4.69, 9.17) is 92.8 Å². The number of hydrogen-bond donors (Lipinski definition) is 4. The Balaban J connectivity index is 0.000000228. The molecular formula is C27H28Cl6N8+2. The van der Waals surface area contributed by atoms with Crippen LogP contribution in [0, 0.1) is 0 Å². The van der Waals surface area contributed by atoms with Crippen molar-refractivity contribution in [1.82, 2.24) is 9.34 Å². The third-order valence-electron chi connectivity index (χ3n) is 5.88. The Morgan fingerprint density at radius 1 is 0.610 bits per heavy atom. The number of benzene rings is 3. The van der Waals surface area contributed by atoms with Gasteiger partial charge in [-0.2, -0.15) is 11.7 Å². The van der Waals surface area contributed by atoms with Crippen molar-refractivity contribution in [2.75, 3.05) is 10.0 Å². The summed E-state index contributed by atoms with van der Waals surface area (Å²) < 4.78 is 8.45. The lowest BCUT2D eigenvalue weighted by molar-refractivity contribution is 0.666. The Bertz CT molecular complexity index is 1460. The van der Waals surface area contributed by atoms with E-state index in [1.54, 1.807) is 54.6 Å². The Labute approximate surface area is 268 Å². The first-order valence-corrected chi connectivity index (χ1v) is 14.5. The highest BCUT2D eigenvalue weighted by Crippen LogP contribution is 2.32. The van der Waals surface area contributed by atoms with Crippen molar-refractivity contribution in [1.29, 1.82) is 0 Å². The molecule has 8 N–H and O–H groups in total. The van der Waals surface area contributed by atoms with Crippen LogP contribution in [0.5, 0.6) is 0 Å². The van der Waals surface area contributed by atoms with Crippen molar-refractivity contribution in [2.24, 2.45) is 23.2 Å². The van der Waals surface area contributed by atoms with E-state index < -0.39 is 0 Å². The topological polar surface area (TPSA) is 139 Å². The average Bonchev–Trinajstić information content (AvgIpc) is 2.93. The monoisotopic (exact) mass is 674 g/mol. The smallest absolute Gasteiger partial charge is 0.275 e. The van der Waals surface area contributed by atoms with E-state index in [1.807, 2.05) is 0 Å². The molecule has 216 valence electrons. The van der Waals surface area contributed by atoms with Gasteiger partial charge >= 0.3 is 11.9 Å². The zero-order chi connectivity index (χ0) is 30.1. The largest absolute Gasteiger partial charge is 0.461 e. The van der Waals surface area contributed by atoms with Gasteiger partial charge in [-0.05, 0) is 49.2 Å². The Hall–Kier alpha value is -2.58. The number of anilines is 2. The van der Waals surface area contributed by atoms with Gasteiger partial charge in [0.1, 0.15) is 5.71 Å².